The molecule has 0 saturated carbocycles. The monoisotopic (exact) mass is 315 g/mol. The largest absolute Gasteiger partial charge is 0.243 e. The van der Waals surface area contributed by atoms with Crippen LogP contribution in [0.15, 0.2) is 53.5 Å². The van der Waals surface area contributed by atoms with Crippen LogP contribution in [0.1, 0.15) is 24.8 Å². The molecule has 0 N–H and O–H groups in total. The molecule has 1 aliphatic rings. The first kappa shape index (κ1) is 16.5. The van der Waals surface area contributed by atoms with Gasteiger partial charge in [-0.3, -0.25) is 0 Å². The number of allylic oxidation sites excluding steroid dienone is 2. The number of aryl methyl sites for hydroxylation is 1. The van der Waals surface area contributed by atoms with Crippen molar-refractivity contribution >= 4 is 10.0 Å². The molecular weight excluding hydrogens is 294 g/mol. The topological polar surface area (TPSA) is 37.4 Å². The quantitative estimate of drug-likeness (QED) is 0.618. The molecule has 2 rings (SSSR count). The van der Waals surface area contributed by atoms with E-state index < -0.39 is 10.0 Å². The third-order valence-corrected chi connectivity index (χ3v) is 5.63. The van der Waals surface area contributed by atoms with Crippen LogP contribution in [0, 0.1) is 19.3 Å². The normalized spacial score (nSPS) is 18.7. The Balaban J connectivity index is 2.35. The molecule has 1 aromatic carbocycles. The average molecular weight is 315 g/mol. The SMILES string of the molecule is C#C/C=C/CN(C1C=CCCC1)S(=O)(=O)c1ccc(C)cc1. The summed E-state index contributed by atoms with van der Waals surface area (Å²) in [5.74, 6) is 2.40. The predicted molar refractivity (Wildman–Crippen MR) is 89.8 cm³/mol. The molecule has 1 atom stereocenters. The van der Waals surface area contributed by atoms with Gasteiger partial charge in [-0.1, -0.05) is 41.8 Å². The van der Waals surface area contributed by atoms with Crippen LogP contribution in [0.4, 0.5) is 0 Å². The maximum Gasteiger partial charge on any atom is 0.243 e. The second kappa shape index (κ2) is 7.44. The standard InChI is InChI=1S/C18H21NO2S/c1-3-4-8-15-19(17-9-6-5-7-10-17)22(20,21)18-13-11-16(2)12-14-18/h1,4,6,8-9,11-14,17H,5,7,10,15H2,2H3/b8-4+. The Morgan fingerprint density at radius 2 is 2.09 bits per heavy atom. The molecule has 0 saturated heterocycles. The molecule has 0 aliphatic heterocycles. The van der Waals surface area contributed by atoms with Crippen molar-refractivity contribution in [1.29, 1.82) is 0 Å². The third-order valence-electron chi connectivity index (χ3n) is 3.73. The van der Waals surface area contributed by atoms with E-state index in [2.05, 4.69) is 12.0 Å². The van der Waals surface area contributed by atoms with Gasteiger partial charge in [-0.2, -0.15) is 4.31 Å². The lowest BCUT2D eigenvalue weighted by Crippen LogP contribution is -2.40. The van der Waals surface area contributed by atoms with E-state index in [1.165, 1.54) is 4.31 Å². The van der Waals surface area contributed by atoms with Crippen molar-refractivity contribution in [3.63, 3.8) is 0 Å². The lowest BCUT2D eigenvalue weighted by Gasteiger charge is -2.29. The molecule has 1 unspecified atom stereocenters. The fourth-order valence-electron chi connectivity index (χ4n) is 2.52. The van der Waals surface area contributed by atoms with Gasteiger partial charge in [-0.25, -0.2) is 8.42 Å². The van der Waals surface area contributed by atoms with E-state index in [-0.39, 0.29) is 12.6 Å². The van der Waals surface area contributed by atoms with Crippen LogP contribution in [0.5, 0.6) is 0 Å². The number of rotatable bonds is 5. The number of hydrogen-bond donors (Lipinski definition) is 0. The van der Waals surface area contributed by atoms with E-state index in [0.29, 0.717) is 4.90 Å². The molecule has 0 spiro atoms. The van der Waals surface area contributed by atoms with Crippen molar-refractivity contribution < 1.29 is 8.42 Å². The van der Waals surface area contributed by atoms with Gasteiger partial charge < -0.3 is 0 Å². The smallest absolute Gasteiger partial charge is 0.207 e. The van der Waals surface area contributed by atoms with Crippen molar-refractivity contribution in [1.82, 2.24) is 4.31 Å². The highest BCUT2D eigenvalue weighted by atomic mass is 32.2. The van der Waals surface area contributed by atoms with Crippen molar-refractivity contribution in [2.24, 2.45) is 0 Å². The van der Waals surface area contributed by atoms with Crippen LogP contribution < -0.4 is 0 Å². The molecule has 1 aromatic rings. The molecule has 0 bridgehead atoms. The van der Waals surface area contributed by atoms with Crippen LogP contribution in [0.25, 0.3) is 0 Å². The van der Waals surface area contributed by atoms with Gasteiger partial charge in [0.05, 0.1) is 4.90 Å². The van der Waals surface area contributed by atoms with E-state index in [9.17, 15) is 8.42 Å². The summed E-state index contributed by atoms with van der Waals surface area (Å²) in [5.41, 5.74) is 1.04. The molecule has 22 heavy (non-hydrogen) atoms. The van der Waals surface area contributed by atoms with Gasteiger partial charge in [0.1, 0.15) is 0 Å². The van der Waals surface area contributed by atoms with Gasteiger partial charge >= 0.3 is 0 Å². The number of benzene rings is 1. The summed E-state index contributed by atoms with van der Waals surface area (Å²) in [7, 11) is -3.54. The number of hydrogen-bond acceptors (Lipinski definition) is 2. The summed E-state index contributed by atoms with van der Waals surface area (Å²) in [6, 6.07) is 6.85. The van der Waals surface area contributed by atoms with E-state index in [1.54, 1.807) is 24.3 Å². The minimum atomic E-state index is -3.54. The lowest BCUT2D eigenvalue weighted by molar-refractivity contribution is 0.361. The Morgan fingerprint density at radius 1 is 1.36 bits per heavy atom. The van der Waals surface area contributed by atoms with Gasteiger partial charge in [0, 0.05) is 12.6 Å². The Kier molecular flexibility index (Phi) is 5.59. The van der Waals surface area contributed by atoms with Crippen LogP contribution >= 0.6 is 0 Å². The summed E-state index contributed by atoms with van der Waals surface area (Å²) in [4.78, 5) is 0.325. The van der Waals surface area contributed by atoms with Crippen LogP contribution in [-0.4, -0.2) is 25.3 Å². The lowest BCUT2D eigenvalue weighted by atomic mass is 10.0. The Morgan fingerprint density at radius 3 is 2.68 bits per heavy atom. The number of terminal acetylenes is 1. The summed E-state index contributed by atoms with van der Waals surface area (Å²) < 4.78 is 27.4. The zero-order chi connectivity index (χ0) is 16.0. The first-order chi connectivity index (χ1) is 10.6. The summed E-state index contributed by atoms with van der Waals surface area (Å²) in [6.07, 6.45) is 15.4. The van der Waals surface area contributed by atoms with Crippen molar-refractivity contribution in [3.05, 3.63) is 54.1 Å². The molecule has 0 heterocycles. The van der Waals surface area contributed by atoms with E-state index in [1.807, 2.05) is 25.1 Å². The van der Waals surface area contributed by atoms with Gasteiger partial charge in [0.25, 0.3) is 0 Å². The van der Waals surface area contributed by atoms with Crippen LogP contribution in [-0.2, 0) is 10.0 Å². The highest BCUT2D eigenvalue weighted by Gasteiger charge is 2.29. The predicted octanol–water partition coefficient (Wildman–Crippen LogP) is 3.28. The molecule has 4 heteroatoms. The highest BCUT2D eigenvalue weighted by Crippen LogP contribution is 2.24. The molecule has 0 aromatic heterocycles. The third kappa shape index (κ3) is 3.88. The fourth-order valence-corrected chi connectivity index (χ4v) is 4.08. The average Bonchev–Trinajstić information content (AvgIpc) is 2.52. The Bertz CT molecular complexity index is 694. The zero-order valence-electron chi connectivity index (χ0n) is 12.8. The number of sulfonamides is 1. The highest BCUT2D eigenvalue weighted by molar-refractivity contribution is 7.89. The molecular formula is C18H21NO2S. The van der Waals surface area contributed by atoms with Gasteiger partial charge in [0.15, 0.2) is 0 Å². The first-order valence-electron chi connectivity index (χ1n) is 7.42. The minimum Gasteiger partial charge on any atom is -0.207 e. The minimum absolute atomic E-state index is 0.109. The summed E-state index contributed by atoms with van der Waals surface area (Å²) in [6.45, 7) is 2.23. The van der Waals surface area contributed by atoms with Crippen LogP contribution in [0.2, 0.25) is 0 Å². The fraction of sp³-hybridized carbons (Fsp3) is 0.333. The first-order valence-corrected chi connectivity index (χ1v) is 8.86. The second-order valence-corrected chi connectivity index (χ2v) is 7.27. The summed E-state index contributed by atoms with van der Waals surface area (Å²) >= 11 is 0. The van der Waals surface area contributed by atoms with Crippen molar-refractivity contribution in [2.45, 2.75) is 37.1 Å². The van der Waals surface area contributed by atoms with Gasteiger partial charge in [-0.15, -0.1) is 6.42 Å². The van der Waals surface area contributed by atoms with Crippen molar-refractivity contribution in [2.75, 3.05) is 6.54 Å². The molecule has 3 nitrogen and oxygen atoms in total. The molecule has 0 amide bonds. The van der Waals surface area contributed by atoms with Crippen molar-refractivity contribution in [3.8, 4) is 12.3 Å². The van der Waals surface area contributed by atoms with E-state index in [0.717, 1.165) is 24.8 Å². The van der Waals surface area contributed by atoms with Crippen LogP contribution in [0.3, 0.4) is 0 Å². The zero-order valence-corrected chi connectivity index (χ0v) is 13.6. The molecule has 1 aliphatic carbocycles. The van der Waals surface area contributed by atoms with Gasteiger partial charge in [0.2, 0.25) is 10.0 Å². The maximum absolute atomic E-state index is 12.9. The molecule has 116 valence electrons. The van der Waals surface area contributed by atoms with E-state index in [4.69, 9.17) is 6.42 Å². The molecule has 0 fully saturated rings. The summed E-state index contributed by atoms with van der Waals surface area (Å²) in [5, 5.41) is 0. The Hall–Kier alpha value is -1.83. The Labute approximate surface area is 133 Å². The second-order valence-electron chi connectivity index (χ2n) is 5.38. The molecule has 0 radical (unpaired) electrons. The maximum atomic E-state index is 12.9. The number of nitrogens with zero attached hydrogens (tertiary/aromatic N) is 1. The van der Waals surface area contributed by atoms with E-state index >= 15 is 0 Å². The van der Waals surface area contributed by atoms with Gasteiger partial charge in [-0.05, 0) is 44.4 Å².